The van der Waals surface area contributed by atoms with E-state index in [1.54, 1.807) is 18.2 Å². The van der Waals surface area contributed by atoms with Gasteiger partial charge in [-0.3, -0.25) is 0 Å². The average molecular weight is 360 g/mol. The normalized spacial score (nSPS) is 24.2. The van der Waals surface area contributed by atoms with Gasteiger partial charge in [0, 0.05) is 11.6 Å². The van der Waals surface area contributed by atoms with Gasteiger partial charge in [0.1, 0.15) is 0 Å². The van der Waals surface area contributed by atoms with Crippen LogP contribution in [0.1, 0.15) is 39.9 Å². The van der Waals surface area contributed by atoms with Gasteiger partial charge in [-0.1, -0.05) is 47.5 Å². The first-order valence-electron chi connectivity index (χ1n) is 7.80. The summed E-state index contributed by atoms with van der Waals surface area (Å²) in [6.07, 6.45) is 5.24. The second-order valence-corrected chi connectivity index (χ2v) is 7.01. The van der Waals surface area contributed by atoms with Crippen LogP contribution in [0.25, 0.3) is 0 Å². The van der Waals surface area contributed by atoms with Gasteiger partial charge in [0.2, 0.25) is 0 Å². The van der Waals surface area contributed by atoms with E-state index in [1.807, 2.05) is 18.2 Å². The van der Waals surface area contributed by atoms with E-state index in [4.69, 9.17) is 23.2 Å². The third-order valence-corrected chi connectivity index (χ3v) is 5.76. The predicted molar refractivity (Wildman–Crippen MR) is 96.2 cm³/mol. The number of hydrogen-bond acceptors (Lipinski definition) is 2. The maximum absolute atomic E-state index is 11.3. The highest BCUT2D eigenvalue weighted by atomic mass is 35.5. The molecule has 2 N–H and O–H groups in total. The van der Waals surface area contributed by atoms with Crippen LogP contribution in [-0.4, -0.2) is 11.1 Å². The molecule has 0 unspecified atom stereocenters. The zero-order chi connectivity index (χ0) is 16.8. The Morgan fingerprint density at radius 1 is 1.17 bits per heavy atom. The second kappa shape index (κ2) is 5.83. The fourth-order valence-corrected chi connectivity index (χ4v) is 4.22. The third kappa shape index (κ3) is 2.40. The molecule has 3 nitrogen and oxygen atoms in total. The molecular formula is C19H15Cl2NO2. The summed E-state index contributed by atoms with van der Waals surface area (Å²) < 4.78 is 0. The van der Waals surface area contributed by atoms with Crippen molar-refractivity contribution in [2.45, 2.75) is 18.4 Å². The molecular weight excluding hydrogens is 345 g/mol. The van der Waals surface area contributed by atoms with Crippen molar-refractivity contribution >= 4 is 34.9 Å². The Morgan fingerprint density at radius 2 is 2.00 bits per heavy atom. The molecule has 5 heteroatoms. The van der Waals surface area contributed by atoms with E-state index < -0.39 is 5.97 Å². The number of carbonyl (C=O) groups is 1. The summed E-state index contributed by atoms with van der Waals surface area (Å²) in [4.78, 5) is 11.3. The molecule has 1 aliphatic heterocycles. The van der Waals surface area contributed by atoms with E-state index in [1.165, 1.54) is 0 Å². The summed E-state index contributed by atoms with van der Waals surface area (Å²) >= 11 is 12.6. The maximum Gasteiger partial charge on any atom is 0.335 e. The van der Waals surface area contributed by atoms with Crippen molar-refractivity contribution < 1.29 is 9.90 Å². The highest BCUT2D eigenvalue weighted by Gasteiger charge is 2.39. The molecule has 0 saturated carbocycles. The number of aromatic carboxylic acids is 1. The van der Waals surface area contributed by atoms with Gasteiger partial charge in [-0.25, -0.2) is 4.79 Å². The molecule has 2 aliphatic rings. The largest absolute Gasteiger partial charge is 0.478 e. The minimum atomic E-state index is -0.906. The number of allylic oxidation sites excluding steroid dienone is 2. The first-order chi connectivity index (χ1) is 11.6. The van der Waals surface area contributed by atoms with Crippen LogP contribution < -0.4 is 5.32 Å². The number of carboxylic acids is 1. The zero-order valence-corrected chi connectivity index (χ0v) is 14.2. The Hall–Kier alpha value is -1.97. The van der Waals surface area contributed by atoms with E-state index in [0.717, 1.165) is 23.2 Å². The number of rotatable bonds is 2. The number of nitrogens with one attached hydrogen (secondary N) is 1. The Kier molecular flexibility index (Phi) is 3.78. The van der Waals surface area contributed by atoms with Gasteiger partial charge < -0.3 is 10.4 Å². The third-order valence-electron chi connectivity index (χ3n) is 4.93. The van der Waals surface area contributed by atoms with E-state index in [9.17, 15) is 9.90 Å². The molecule has 0 fully saturated rings. The SMILES string of the molecule is O=C(O)c1ccc2c(c1)[C@@H]1C=CC[C@@H]1[C@H](c1cccc(Cl)c1Cl)N2. The van der Waals surface area contributed by atoms with E-state index in [2.05, 4.69) is 17.5 Å². The lowest BCUT2D eigenvalue weighted by Gasteiger charge is -2.38. The molecule has 0 saturated heterocycles. The summed E-state index contributed by atoms with van der Waals surface area (Å²) in [7, 11) is 0. The fraction of sp³-hybridized carbons (Fsp3) is 0.211. The Balaban J connectivity index is 1.81. The number of fused-ring (bicyclic) bond motifs is 3. The molecule has 0 amide bonds. The lowest BCUT2D eigenvalue weighted by molar-refractivity contribution is 0.0696. The lowest BCUT2D eigenvalue weighted by atomic mass is 9.76. The second-order valence-electron chi connectivity index (χ2n) is 6.23. The number of hydrogen-bond donors (Lipinski definition) is 2. The molecule has 0 spiro atoms. The summed E-state index contributed by atoms with van der Waals surface area (Å²) in [6.45, 7) is 0. The van der Waals surface area contributed by atoms with Crippen LogP contribution in [0.15, 0.2) is 48.6 Å². The van der Waals surface area contributed by atoms with Crippen molar-refractivity contribution in [3.8, 4) is 0 Å². The van der Waals surface area contributed by atoms with Crippen LogP contribution in [0.4, 0.5) is 5.69 Å². The van der Waals surface area contributed by atoms with Gasteiger partial charge in [0.25, 0.3) is 0 Å². The van der Waals surface area contributed by atoms with Crippen molar-refractivity contribution in [2.24, 2.45) is 5.92 Å². The Labute approximate surface area is 149 Å². The molecule has 0 aromatic heterocycles. The van der Waals surface area contributed by atoms with Crippen LogP contribution in [0, 0.1) is 5.92 Å². The van der Waals surface area contributed by atoms with Gasteiger partial charge in [-0.2, -0.15) is 0 Å². The van der Waals surface area contributed by atoms with Crippen molar-refractivity contribution in [3.05, 3.63) is 75.3 Å². The van der Waals surface area contributed by atoms with Crippen LogP contribution in [0.5, 0.6) is 0 Å². The molecule has 0 bridgehead atoms. The molecule has 1 heterocycles. The zero-order valence-electron chi connectivity index (χ0n) is 12.7. The van der Waals surface area contributed by atoms with Crippen molar-refractivity contribution in [1.82, 2.24) is 0 Å². The van der Waals surface area contributed by atoms with Gasteiger partial charge in [-0.05, 0) is 47.7 Å². The molecule has 3 atom stereocenters. The molecule has 2 aromatic rings. The van der Waals surface area contributed by atoms with Crippen LogP contribution in [0.3, 0.4) is 0 Å². The molecule has 0 radical (unpaired) electrons. The lowest BCUT2D eigenvalue weighted by Crippen LogP contribution is -2.29. The predicted octanol–water partition coefficient (Wildman–Crippen LogP) is 5.52. The summed E-state index contributed by atoms with van der Waals surface area (Å²) in [5.74, 6) is -0.436. The Bertz CT molecular complexity index is 862. The first kappa shape index (κ1) is 15.6. The van der Waals surface area contributed by atoms with E-state index >= 15 is 0 Å². The maximum atomic E-state index is 11.3. The monoisotopic (exact) mass is 359 g/mol. The van der Waals surface area contributed by atoms with Crippen LogP contribution in [-0.2, 0) is 0 Å². The molecule has 122 valence electrons. The number of benzene rings is 2. The van der Waals surface area contributed by atoms with Crippen molar-refractivity contribution in [1.29, 1.82) is 0 Å². The molecule has 4 rings (SSSR count). The minimum absolute atomic E-state index is 0.0411. The first-order valence-corrected chi connectivity index (χ1v) is 8.56. The van der Waals surface area contributed by atoms with E-state index in [0.29, 0.717) is 15.6 Å². The quantitative estimate of drug-likeness (QED) is 0.694. The summed E-state index contributed by atoms with van der Waals surface area (Å²) in [5.41, 5.74) is 3.28. The van der Waals surface area contributed by atoms with E-state index in [-0.39, 0.29) is 17.9 Å². The number of halogens is 2. The van der Waals surface area contributed by atoms with Crippen molar-refractivity contribution in [2.75, 3.05) is 5.32 Å². The van der Waals surface area contributed by atoms with Crippen LogP contribution >= 0.6 is 23.2 Å². The topological polar surface area (TPSA) is 49.3 Å². The fourth-order valence-electron chi connectivity index (χ4n) is 3.80. The highest BCUT2D eigenvalue weighted by Crippen LogP contribution is 2.51. The van der Waals surface area contributed by atoms with Crippen molar-refractivity contribution in [3.63, 3.8) is 0 Å². The number of anilines is 1. The van der Waals surface area contributed by atoms with Gasteiger partial charge in [0.15, 0.2) is 0 Å². The highest BCUT2D eigenvalue weighted by molar-refractivity contribution is 6.42. The standard InChI is InChI=1S/C19H15Cl2NO2/c20-15-6-2-5-13(17(15)21)18-12-4-1-3-11(12)14-9-10(19(23)24)7-8-16(14)22-18/h1-3,5-9,11-12,18,22H,4H2,(H,23,24)/t11-,12+,18-/m1/s1. The average Bonchev–Trinajstić information content (AvgIpc) is 3.06. The molecule has 24 heavy (non-hydrogen) atoms. The minimum Gasteiger partial charge on any atom is -0.478 e. The molecule has 2 aromatic carbocycles. The van der Waals surface area contributed by atoms with Gasteiger partial charge >= 0.3 is 5.97 Å². The number of carboxylic acid groups (broad SMARTS) is 1. The smallest absolute Gasteiger partial charge is 0.335 e. The van der Waals surface area contributed by atoms with Gasteiger partial charge in [-0.15, -0.1) is 0 Å². The summed E-state index contributed by atoms with van der Waals surface area (Å²) in [6, 6.07) is 11.0. The Morgan fingerprint density at radius 3 is 2.79 bits per heavy atom. The summed E-state index contributed by atoms with van der Waals surface area (Å²) in [5, 5.41) is 13.9. The molecule has 1 aliphatic carbocycles. The van der Waals surface area contributed by atoms with Gasteiger partial charge in [0.05, 0.1) is 21.7 Å². The van der Waals surface area contributed by atoms with Crippen LogP contribution in [0.2, 0.25) is 10.0 Å².